The maximum Gasteiger partial charge on any atom is 0.127 e. The van der Waals surface area contributed by atoms with E-state index in [9.17, 15) is 0 Å². The standard InChI is InChI=1S/C11H10ClN3S/c12-9-4-2-1-3-8(9)6-16-11-5-10(13)14-7-15-11/h1-5,7H,6H2,(H2,13,14,15). The number of anilines is 1. The zero-order valence-electron chi connectivity index (χ0n) is 8.43. The number of hydrogen-bond acceptors (Lipinski definition) is 4. The molecule has 0 aliphatic rings. The van der Waals surface area contributed by atoms with Crippen LogP contribution in [0.5, 0.6) is 0 Å². The highest BCUT2D eigenvalue weighted by Crippen LogP contribution is 2.25. The van der Waals surface area contributed by atoms with Crippen LogP contribution in [0.15, 0.2) is 41.7 Å². The van der Waals surface area contributed by atoms with E-state index in [2.05, 4.69) is 9.97 Å². The van der Waals surface area contributed by atoms with Gasteiger partial charge < -0.3 is 5.73 Å². The van der Waals surface area contributed by atoms with Gasteiger partial charge in [0.05, 0.1) is 0 Å². The lowest BCUT2D eigenvalue weighted by Crippen LogP contribution is -1.92. The lowest BCUT2D eigenvalue weighted by Gasteiger charge is -2.03. The first kappa shape index (κ1) is 11.2. The molecule has 0 fully saturated rings. The summed E-state index contributed by atoms with van der Waals surface area (Å²) in [5.41, 5.74) is 6.66. The molecular weight excluding hydrogens is 242 g/mol. The minimum atomic E-state index is 0.483. The van der Waals surface area contributed by atoms with Crippen LogP contribution in [0.25, 0.3) is 0 Å². The van der Waals surface area contributed by atoms with Gasteiger partial charge in [-0.05, 0) is 11.6 Å². The molecule has 1 aromatic heterocycles. The largest absolute Gasteiger partial charge is 0.384 e. The quantitative estimate of drug-likeness (QED) is 0.673. The Morgan fingerprint density at radius 2 is 2.06 bits per heavy atom. The lowest BCUT2D eigenvalue weighted by molar-refractivity contribution is 1.05. The third-order valence-electron chi connectivity index (χ3n) is 2.00. The first-order valence-corrected chi connectivity index (χ1v) is 6.06. The number of halogens is 1. The smallest absolute Gasteiger partial charge is 0.127 e. The molecule has 0 unspecified atom stereocenters. The Hall–Kier alpha value is -1.26. The summed E-state index contributed by atoms with van der Waals surface area (Å²) in [6, 6.07) is 9.52. The lowest BCUT2D eigenvalue weighted by atomic mass is 10.2. The molecule has 0 bridgehead atoms. The van der Waals surface area contributed by atoms with E-state index in [0.717, 1.165) is 21.4 Å². The zero-order valence-corrected chi connectivity index (χ0v) is 10.0. The number of thioether (sulfide) groups is 1. The molecule has 5 heteroatoms. The second kappa shape index (κ2) is 5.18. The molecule has 0 saturated carbocycles. The summed E-state index contributed by atoms with van der Waals surface area (Å²) in [5, 5.41) is 1.63. The molecule has 0 atom stereocenters. The van der Waals surface area contributed by atoms with Crippen molar-refractivity contribution < 1.29 is 0 Å². The van der Waals surface area contributed by atoms with Gasteiger partial charge in [-0.3, -0.25) is 0 Å². The first-order valence-electron chi connectivity index (χ1n) is 4.69. The van der Waals surface area contributed by atoms with E-state index in [1.54, 1.807) is 17.8 Å². The molecule has 0 radical (unpaired) electrons. The summed E-state index contributed by atoms with van der Waals surface area (Å²) in [6.07, 6.45) is 1.46. The molecule has 0 saturated heterocycles. The number of nitrogen functional groups attached to an aromatic ring is 1. The summed E-state index contributed by atoms with van der Waals surface area (Å²) >= 11 is 7.64. The molecule has 0 aliphatic heterocycles. The molecule has 0 spiro atoms. The predicted octanol–water partition coefficient (Wildman–Crippen LogP) is 3.00. The maximum atomic E-state index is 6.05. The normalized spacial score (nSPS) is 10.3. The summed E-state index contributed by atoms with van der Waals surface area (Å²) in [7, 11) is 0. The average Bonchev–Trinajstić information content (AvgIpc) is 2.28. The van der Waals surface area contributed by atoms with Crippen LogP contribution in [0.2, 0.25) is 5.02 Å². The van der Waals surface area contributed by atoms with Crippen molar-refractivity contribution in [1.29, 1.82) is 0 Å². The Kier molecular flexibility index (Phi) is 3.64. The van der Waals surface area contributed by atoms with E-state index in [1.165, 1.54) is 6.33 Å². The number of hydrogen-bond donors (Lipinski definition) is 1. The Morgan fingerprint density at radius 1 is 1.25 bits per heavy atom. The summed E-state index contributed by atoms with van der Waals surface area (Å²) < 4.78 is 0. The molecule has 1 heterocycles. The molecular formula is C11H10ClN3S. The third kappa shape index (κ3) is 2.87. The van der Waals surface area contributed by atoms with Gasteiger partial charge in [-0.2, -0.15) is 0 Å². The number of aromatic nitrogens is 2. The number of nitrogens with zero attached hydrogens (tertiary/aromatic N) is 2. The number of rotatable bonds is 3. The molecule has 3 nitrogen and oxygen atoms in total. The van der Waals surface area contributed by atoms with Crippen LogP contribution in [-0.2, 0) is 5.75 Å². The minimum absolute atomic E-state index is 0.483. The van der Waals surface area contributed by atoms with E-state index in [-0.39, 0.29) is 0 Å². The van der Waals surface area contributed by atoms with Crippen molar-refractivity contribution in [2.45, 2.75) is 10.8 Å². The van der Waals surface area contributed by atoms with Gasteiger partial charge in [-0.15, -0.1) is 11.8 Å². The van der Waals surface area contributed by atoms with Gasteiger partial charge in [-0.25, -0.2) is 9.97 Å². The fourth-order valence-electron chi connectivity index (χ4n) is 1.20. The first-order chi connectivity index (χ1) is 7.75. The molecule has 2 N–H and O–H groups in total. The second-order valence-corrected chi connectivity index (χ2v) is 4.56. The Bertz CT molecular complexity index is 490. The number of benzene rings is 1. The van der Waals surface area contributed by atoms with Crippen molar-refractivity contribution in [3.63, 3.8) is 0 Å². The van der Waals surface area contributed by atoms with Gasteiger partial charge in [0.2, 0.25) is 0 Å². The Morgan fingerprint density at radius 3 is 2.81 bits per heavy atom. The zero-order chi connectivity index (χ0) is 11.4. The van der Waals surface area contributed by atoms with E-state index < -0.39 is 0 Å². The van der Waals surface area contributed by atoms with Gasteiger partial charge in [0.25, 0.3) is 0 Å². The summed E-state index contributed by atoms with van der Waals surface area (Å²) in [6.45, 7) is 0. The summed E-state index contributed by atoms with van der Waals surface area (Å²) in [4.78, 5) is 7.95. The molecule has 0 aliphatic carbocycles. The Balaban J connectivity index is 2.05. The highest BCUT2D eigenvalue weighted by Gasteiger charge is 2.01. The molecule has 1 aromatic carbocycles. The van der Waals surface area contributed by atoms with Crippen LogP contribution < -0.4 is 5.73 Å². The molecule has 82 valence electrons. The van der Waals surface area contributed by atoms with Crippen molar-refractivity contribution in [1.82, 2.24) is 9.97 Å². The molecule has 2 rings (SSSR count). The molecule has 2 aromatic rings. The maximum absolute atomic E-state index is 6.05. The highest BCUT2D eigenvalue weighted by atomic mass is 35.5. The number of nitrogens with two attached hydrogens (primary N) is 1. The Labute approximate surface area is 103 Å². The molecule has 16 heavy (non-hydrogen) atoms. The van der Waals surface area contributed by atoms with Crippen molar-refractivity contribution in [3.05, 3.63) is 47.2 Å². The van der Waals surface area contributed by atoms with Gasteiger partial charge in [0, 0.05) is 16.8 Å². The van der Waals surface area contributed by atoms with E-state index in [1.807, 2.05) is 24.3 Å². The second-order valence-electron chi connectivity index (χ2n) is 3.16. The van der Waals surface area contributed by atoms with Crippen molar-refractivity contribution in [2.75, 3.05) is 5.73 Å². The minimum Gasteiger partial charge on any atom is -0.384 e. The fourth-order valence-corrected chi connectivity index (χ4v) is 2.36. The van der Waals surface area contributed by atoms with Gasteiger partial charge in [0.15, 0.2) is 0 Å². The van der Waals surface area contributed by atoms with Crippen molar-refractivity contribution in [3.8, 4) is 0 Å². The van der Waals surface area contributed by atoms with Crippen LogP contribution in [0.1, 0.15) is 5.56 Å². The van der Waals surface area contributed by atoms with Gasteiger partial charge >= 0.3 is 0 Å². The topological polar surface area (TPSA) is 51.8 Å². The van der Waals surface area contributed by atoms with Crippen LogP contribution in [0.4, 0.5) is 5.82 Å². The monoisotopic (exact) mass is 251 g/mol. The summed E-state index contributed by atoms with van der Waals surface area (Å²) in [5.74, 6) is 1.26. The van der Waals surface area contributed by atoms with Crippen LogP contribution in [0, 0.1) is 0 Å². The van der Waals surface area contributed by atoms with Crippen molar-refractivity contribution >= 4 is 29.2 Å². The fraction of sp³-hybridized carbons (Fsp3) is 0.0909. The van der Waals surface area contributed by atoms with E-state index in [0.29, 0.717) is 5.82 Å². The SMILES string of the molecule is Nc1cc(SCc2ccccc2Cl)ncn1. The van der Waals surface area contributed by atoms with Crippen LogP contribution in [0.3, 0.4) is 0 Å². The average molecular weight is 252 g/mol. The predicted molar refractivity (Wildman–Crippen MR) is 67.5 cm³/mol. The highest BCUT2D eigenvalue weighted by molar-refractivity contribution is 7.98. The van der Waals surface area contributed by atoms with E-state index in [4.69, 9.17) is 17.3 Å². The van der Waals surface area contributed by atoms with E-state index >= 15 is 0 Å². The van der Waals surface area contributed by atoms with Gasteiger partial charge in [0.1, 0.15) is 17.2 Å². The van der Waals surface area contributed by atoms with Crippen LogP contribution >= 0.6 is 23.4 Å². The van der Waals surface area contributed by atoms with Gasteiger partial charge in [-0.1, -0.05) is 29.8 Å². The molecule has 0 amide bonds. The van der Waals surface area contributed by atoms with Crippen LogP contribution in [-0.4, -0.2) is 9.97 Å². The third-order valence-corrected chi connectivity index (χ3v) is 3.34. The van der Waals surface area contributed by atoms with Crippen molar-refractivity contribution in [2.24, 2.45) is 0 Å².